The summed E-state index contributed by atoms with van der Waals surface area (Å²) in [6, 6.07) is 25.3. The number of carbonyl (C=O) groups is 1. The van der Waals surface area contributed by atoms with Gasteiger partial charge in [-0.25, -0.2) is 4.79 Å². The van der Waals surface area contributed by atoms with Gasteiger partial charge >= 0.3 is 5.97 Å². The monoisotopic (exact) mass is 548 g/mol. The van der Waals surface area contributed by atoms with E-state index in [2.05, 4.69) is 0 Å². The molecule has 4 rings (SSSR count). The first-order valence-electron chi connectivity index (χ1n) is 11.5. The molecule has 196 valence electrons. The highest BCUT2D eigenvalue weighted by molar-refractivity contribution is 7.81. The highest BCUT2D eigenvalue weighted by Crippen LogP contribution is 2.32. The van der Waals surface area contributed by atoms with Gasteiger partial charge < -0.3 is 14.2 Å². The van der Waals surface area contributed by atoms with Crippen molar-refractivity contribution >= 4 is 51.3 Å². The van der Waals surface area contributed by atoms with E-state index >= 15 is 0 Å². The van der Waals surface area contributed by atoms with Gasteiger partial charge in [0.15, 0.2) is 0 Å². The van der Waals surface area contributed by atoms with Crippen LogP contribution in [0.2, 0.25) is 0 Å². The predicted octanol–water partition coefficient (Wildman–Crippen LogP) is 5.46. The van der Waals surface area contributed by atoms with Crippen molar-refractivity contribution in [2.45, 2.75) is 20.3 Å². The lowest BCUT2D eigenvalue weighted by atomic mass is 10.0. The fourth-order valence-electron chi connectivity index (χ4n) is 4.01. The van der Waals surface area contributed by atoms with Crippen LogP contribution in [0.15, 0.2) is 91.0 Å². The van der Waals surface area contributed by atoms with Crippen LogP contribution in [-0.4, -0.2) is 28.6 Å². The molecule has 0 aliphatic heterocycles. The Morgan fingerprint density at radius 2 is 1.11 bits per heavy atom. The molecule has 4 aromatic rings. The van der Waals surface area contributed by atoms with Gasteiger partial charge in [0.05, 0.1) is 50.8 Å². The minimum absolute atomic E-state index is 0.0282. The van der Waals surface area contributed by atoms with E-state index in [1.165, 1.54) is 16.4 Å². The molecule has 0 spiro atoms. The van der Waals surface area contributed by atoms with Crippen LogP contribution in [0.5, 0.6) is 0 Å². The number of rotatable bonds is 9. The predicted molar refractivity (Wildman–Crippen MR) is 147 cm³/mol. The molecule has 0 aliphatic rings. The summed E-state index contributed by atoms with van der Waals surface area (Å²) in [5.74, 6) is -1.26. The maximum absolute atomic E-state index is 12.1. The van der Waals surface area contributed by atoms with E-state index in [-0.39, 0.29) is 11.3 Å². The molecule has 38 heavy (non-hydrogen) atoms. The summed E-state index contributed by atoms with van der Waals surface area (Å²) in [5.41, 5.74) is 4.58. The van der Waals surface area contributed by atoms with Crippen molar-refractivity contribution in [3.63, 3.8) is 0 Å². The minimum atomic E-state index is -2.75. The molecule has 0 aliphatic carbocycles. The zero-order valence-corrected chi connectivity index (χ0v) is 22.2. The van der Waals surface area contributed by atoms with E-state index in [4.69, 9.17) is 0 Å². The van der Waals surface area contributed by atoms with Crippen LogP contribution in [0.3, 0.4) is 0 Å². The van der Waals surface area contributed by atoms with Gasteiger partial charge in [0.25, 0.3) is 0 Å². The molecule has 10 heteroatoms. The van der Waals surface area contributed by atoms with Crippen LogP contribution in [0.25, 0.3) is 0 Å². The van der Waals surface area contributed by atoms with E-state index in [0.29, 0.717) is 29.0 Å². The molecule has 0 heterocycles. The zero-order chi connectivity index (χ0) is 27.4. The summed E-state index contributed by atoms with van der Waals surface area (Å²) in [7, 11) is 0. The lowest BCUT2D eigenvalue weighted by Gasteiger charge is -2.28. The lowest BCUT2D eigenvalue weighted by molar-refractivity contribution is 0.0697. The third-order valence-electron chi connectivity index (χ3n) is 5.92. The van der Waals surface area contributed by atoms with Crippen molar-refractivity contribution in [1.29, 1.82) is 0 Å². The molecule has 0 saturated heterocycles. The molecule has 8 nitrogen and oxygen atoms in total. The molecular weight excluding hydrogens is 524 g/mol. The van der Waals surface area contributed by atoms with E-state index in [0.717, 1.165) is 21.0 Å². The van der Waals surface area contributed by atoms with Crippen molar-refractivity contribution in [3.05, 3.63) is 119 Å². The number of benzene rings is 4. The normalized spacial score (nSPS) is 12.5. The maximum atomic E-state index is 12.1. The number of carboxylic acid groups (broad SMARTS) is 1. The average molecular weight is 549 g/mol. The van der Waals surface area contributed by atoms with Crippen LogP contribution in [0.4, 0.5) is 22.7 Å². The standard InChI is InChI=1S/C28H26N2O6S2/c1-19-3-10-23(11-4-19)29(37(33)34)24-14-7-21(8-15-24)17-22-9-16-27(26(18-22)28(31)32)30(38(35)36)25-12-5-20(2)6-13-25/h3-16,18H,17H2,1-2H3,(H,31,32)(H,33,34)(H,35,36)/p-2. The summed E-state index contributed by atoms with van der Waals surface area (Å²) >= 11 is -5.28. The van der Waals surface area contributed by atoms with Crippen LogP contribution in [0, 0.1) is 13.8 Å². The van der Waals surface area contributed by atoms with Gasteiger partial charge in [0, 0.05) is 0 Å². The first-order chi connectivity index (χ1) is 18.1. The van der Waals surface area contributed by atoms with Crippen molar-refractivity contribution < 1.29 is 27.4 Å². The lowest BCUT2D eigenvalue weighted by Crippen LogP contribution is -2.22. The number of hydrogen-bond donors (Lipinski definition) is 1. The first-order valence-corrected chi connectivity index (χ1v) is 13.6. The van der Waals surface area contributed by atoms with Crippen molar-refractivity contribution in [3.8, 4) is 0 Å². The van der Waals surface area contributed by atoms with E-state index in [9.17, 15) is 27.4 Å². The van der Waals surface area contributed by atoms with Crippen LogP contribution >= 0.6 is 0 Å². The SMILES string of the molecule is Cc1ccc(N(c2ccc(Cc3ccc(N(c4ccc(C)cc4)S(=O)[O-])c(C(=O)O)c3)cc2)S(=O)[O-])cc1. The number of carboxylic acids is 1. The Morgan fingerprint density at radius 3 is 1.55 bits per heavy atom. The third kappa shape index (κ3) is 6.17. The Labute approximate surface area is 226 Å². The molecule has 0 amide bonds. The van der Waals surface area contributed by atoms with Crippen LogP contribution in [0.1, 0.15) is 32.6 Å². The zero-order valence-electron chi connectivity index (χ0n) is 20.6. The van der Waals surface area contributed by atoms with E-state index in [1.54, 1.807) is 66.7 Å². The first kappa shape index (κ1) is 27.2. The molecule has 0 fully saturated rings. The molecule has 0 bridgehead atoms. The number of aromatic carboxylic acids is 1. The van der Waals surface area contributed by atoms with Gasteiger partial charge in [-0.3, -0.25) is 17.0 Å². The second-order valence-corrected chi connectivity index (χ2v) is 10.3. The Hall–Kier alpha value is -3.83. The van der Waals surface area contributed by atoms with Gasteiger partial charge in [-0.1, -0.05) is 53.6 Å². The maximum Gasteiger partial charge on any atom is 0.337 e. The van der Waals surface area contributed by atoms with Crippen LogP contribution in [-0.2, 0) is 29.0 Å². The number of aryl methyl sites for hydroxylation is 2. The quantitative estimate of drug-likeness (QED) is 0.277. The van der Waals surface area contributed by atoms with Gasteiger partial charge in [-0.15, -0.1) is 0 Å². The Balaban J connectivity index is 1.62. The molecule has 2 unspecified atom stereocenters. The molecule has 4 aromatic carbocycles. The molecular formula is C28H24N2O6S2-2. The third-order valence-corrected chi connectivity index (χ3v) is 7.35. The molecule has 1 N–H and O–H groups in total. The highest BCUT2D eigenvalue weighted by Gasteiger charge is 2.20. The fourth-order valence-corrected chi connectivity index (χ4v) is 5.21. The van der Waals surface area contributed by atoms with Gasteiger partial charge in [0.2, 0.25) is 0 Å². The second kappa shape index (κ2) is 11.7. The van der Waals surface area contributed by atoms with E-state index in [1.807, 2.05) is 26.0 Å². The van der Waals surface area contributed by atoms with E-state index < -0.39 is 28.5 Å². The average Bonchev–Trinajstić information content (AvgIpc) is 2.88. The smallest absolute Gasteiger partial charge is 0.337 e. The molecule has 0 radical (unpaired) electrons. The highest BCUT2D eigenvalue weighted by atomic mass is 32.2. The molecule has 0 saturated carbocycles. The van der Waals surface area contributed by atoms with Gasteiger partial charge in [-0.05, 0) is 79.9 Å². The van der Waals surface area contributed by atoms with Gasteiger partial charge in [0.1, 0.15) is 0 Å². The Kier molecular flexibility index (Phi) is 8.38. The largest absolute Gasteiger partial charge is 0.755 e. The minimum Gasteiger partial charge on any atom is -0.755 e. The van der Waals surface area contributed by atoms with Gasteiger partial charge in [-0.2, -0.15) is 0 Å². The topological polar surface area (TPSA) is 124 Å². The van der Waals surface area contributed by atoms with Crippen molar-refractivity contribution in [1.82, 2.24) is 0 Å². The van der Waals surface area contributed by atoms with Crippen molar-refractivity contribution in [2.75, 3.05) is 8.61 Å². The summed E-state index contributed by atoms with van der Waals surface area (Å²) in [5, 5.41) is 9.86. The number of hydrogen-bond acceptors (Lipinski definition) is 5. The summed E-state index contributed by atoms with van der Waals surface area (Å²) in [6.45, 7) is 3.78. The number of anilines is 4. The van der Waals surface area contributed by atoms with Crippen LogP contribution < -0.4 is 8.61 Å². The fraction of sp³-hybridized carbons (Fsp3) is 0.107. The Morgan fingerprint density at radius 1 is 0.684 bits per heavy atom. The molecule has 2 atom stereocenters. The number of nitrogens with zero attached hydrogens (tertiary/aromatic N) is 2. The summed E-state index contributed by atoms with van der Waals surface area (Å²) in [6.07, 6.45) is 0.358. The Bertz CT molecular complexity index is 1490. The molecule has 0 aromatic heterocycles. The second-order valence-electron chi connectivity index (χ2n) is 8.69. The summed E-state index contributed by atoms with van der Waals surface area (Å²) < 4.78 is 50.2. The summed E-state index contributed by atoms with van der Waals surface area (Å²) in [4.78, 5) is 12.1. The van der Waals surface area contributed by atoms with Crippen molar-refractivity contribution in [2.24, 2.45) is 0 Å².